The Bertz CT molecular complexity index is 446. The van der Waals surface area contributed by atoms with Gasteiger partial charge in [0, 0.05) is 6.08 Å². The van der Waals surface area contributed by atoms with Crippen LogP contribution in [0.4, 0.5) is 0 Å². The summed E-state index contributed by atoms with van der Waals surface area (Å²) in [5.74, 6) is -0.241. The Hall–Kier alpha value is -1.39. The highest BCUT2D eigenvalue weighted by atomic mass is 16.5. The molecule has 2 N–H and O–H groups in total. The molecule has 4 nitrogen and oxygen atoms in total. The van der Waals surface area contributed by atoms with E-state index in [0.717, 1.165) is 18.4 Å². The number of hydrogen-bond acceptors (Lipinski definition) is 4. The zero-order valence-electron chi connectivity index (χ0n) is 13.2. The zero-order chi connectivity index (χ0) is 16.0. The molecule has 0 bridgehead atoms. The van der Waals surface area contributed by atoms with E-state index in [4.69, 9.17) is 4.74 Å². The van der Waals surface area contributed by atoms with Crippen LogP contribution in [0.25, 0.3) is 0 Å². The topological polar surface area (TPSA) is 66.8 Å². The van der Waals surface area contributed by atoms with Crippen LogP contribution in [0.1, 0.15) is 40.5 Å². The fourth-order valence-corrected chi connectivity index (χ4v) is 2.00. The van der Waals surface area contributed by atoms with E-state index >= 15 is 0 Å². The van der Waals surface area contributed by atoms with Crippen molar-refractivity contribution in [2.24, 2.45) is 5.92 Å². The van der Waals surface area contributed by atoms with Gasteiger partial charge in [0.05, 0.1) is 11.7 Å². The van der Waals surface area contributed by atoms with E-state index in [0.29, 0.717) is 0 Å². The third-order valence-electron chi connectivity index (χ3n) is 3.83. The van der Waals surface area contributed by atoms with Gasteiger partial charge in [0.15, 0.2) is 0 Å². The first-order chi connectivity index (χ1) is 9.71. The van der Waals surface area contributed by atoms with Gasteiger partial charge < -0.3 is 14.9 Å². The summed E-state index contributed by atoms with van der Waals surface area (Å²) in [7, 11) is 0. The number of carbonyl (C=O) groups is 1. The molecule has 0 fully saturated rings. The Morgan fingerprint density at radius 2 is 2.00 bits per heavy atom. The van der Waals surface area contributed by atoms with Crippen LogP contribution in [0.2, 0.25) is 0 Å². The largest absolute Gasteiger partial charge is 0.459 e. The minimum absolute atomic E-state index is 0.191. The number of ether oxygens (including phenoxy) is 1. The molecule has 0 aliphatic carbocycles. The molecule has 0 saturated carbocycles. The molecule has 0 aromatic rings. The first kappa shape index (κ1) is 17.7. The second-order valence-corrected chi connectivity index (χ2v) is 6.01. The fraction of sp³-hybridized carbons (Fsp3) is 0.588. The van der Waals surface area contributed by atoms with Crippen molar-refractivity contribution in [1.29, 1.82) is 0 Å². The predicted octanol–water partition coefficient (Wildman–Crippen LogP) is 2.52. The average molecular weight is 294 g/mol. The van der Waals surface area contributed by atoms with Crippen LogP contribution in [0.5, 0.6) is 0 Å². The molecule has 1 rings (SSSR count). The van der Waals surface area contributed by atoms with Crippen molar-refractivity contribution in [1.82, 2.24) is 0 Å². The monoisotopic (exact) mass is 294 g/mol. The number of cyclic esters (lactones) is 1. The highest BCUT2D eigenvalue weighted by Gasteiger charge is 2.18. The molecule has 0 unspecified atom stereocenters. The second kappa shape index (κ2) is 7.57. The third-order valence-corrected chi connectivity index (χ3v) is 3.83. The molecular weight excluding hydrogens is 268 g/mol. The van der Waals surface area contributed by atoms with E-state index in [2.05, 4.69) is 0 Å². The van der Waals surface area contributed by atoms with Crippen LogP contribution in [0, 0.1) is 5.92 Å². The number of hydrogen-bond donors (Lipinski definition) is 2. The van der Waals surface area contributed by atoms with Gasteiger partial charge in [-0.15, -0.1) is 0 Å². The van der Waals surface area contributed by atoms with Crippen LogP contribution < -0.4 is 0 Å². The van der Waals surface area contributed by atoms with Gasteiger partial charge in [0.2, 0.25) is 0 Å². The predicted molar refractivity (Wildman–Crippen MR) is 82.6 cm³/mol. The van der Waals surface area contributed by atoms with Crippen LogP contribution in [-0.2, 0) is 9.53 Å². The molecule has 4 atom stereocenters. The first-order valence-corrected chi connectivity index (χ1v) is 7.37. The highest BCUT2D eigenvalue weighted by molar-refractivity contribution is 5.82. The van der Waals surface area contributed by atoms with Crippen molar-refractivity contribution in [3.8, 4) is 0 Å². The van der Waals surface area contributed by atoms with E-state index < -0.39 is 17.7 Å². The van der Waals surface area contributed by atoms with E-state index in [1.165, 1.54) is 31.2 Å². The average Bonchev–Trinajstić information content (AvgIpc) is 2.41. The molecule has 1 heterocycles. The maximum Gasteiger partial charge on any atom is 0.330 e. The van der Waals surface area contributed by atoms with Crippen LogP contribution in [0.3, 0.4) is 0 Å². The lowest BCUT2D eigenvalue weighted by molar-refractivity contribution is -0.144. The number of allylic oxidation sites excluding steroid dienone is 1. The molecule has 0 aromatic carbocycles. The molecule has 4 heteroatoms. The van der Waals surface area contributed by atoms with Crippen molar-refractivity contribution >= 4 is 5.97 Å². The minimum Gasteiger partial charge on any atom is -0.459 e. The molecule has 0 saturated heterocycles. The molecule has 21 heavy (non-hydrogen) atoms. The van der Waals surface area contributed by atoms with Crippen molar-refractivity contribution in [2.45, 2.75) is 58.3 Å². The quantitative estimate of drug-likeness (QED) is 0.532. The molecule has 0 amide bonds. The number of aliphatic hydroxyl groups is 2. The highest BCUT2D eigenvalue weighted by Crippen LogP contribution is 2.18. The lowest BCUT2D eigenvalue weighted by Crippen LogP contribution is -2.23. The Kier molecular flexibility index (Phi) is 6.37. The molecule has 0 aromatic heterocycles. The summed E-state index contributed by atoms with van der Waals surface area (Å²) in [5.41, 5.74) is -0.459. The van der Waals surface area contributed by atoms with E-state index in [1.807, 2.05) is 26.8 Å². The van der Waals surface area contributed by atoms with Gasteiger partial charge in [-0.3, -0.25) is 0 Å². The number of aliphatic hydroxyl groups excluding tert-OH is 1. The Balaban J connectivity index is 2.99. The summed E-state index contributed by atoms with van der Waals surface area (Å²) >= 11 is 0. The van der Waals surface area contributed by atoms with E-state index in [1.54, 1.807) is 0 Å². The standard InChI is InChI=1S/C17H26O4/c1-12-6-5-7-13(2)15(18)8-10-17(4,20)11-9-16(19)21-14(12)3/h7-12,14-15,18,20H,5-6H2,1-4H3/t12-,14-,15+,17-/m1/s1. The summed E-state index contributed by atoms with van der Waals surface area (Å²) in [6.45, 7) is 7.30. The van der Waals surface area contributed by atoms with Crippen molar-refractivity contribution in [3.05, 3.63) is 36.0 Å². The normalized spacial score (nSPS) is 35.8. The Morgan fingerprint density at radius 3 is 2.67 bits per heavy atom. The summed E-state index contributed by atoms with van der Waals surface area (Å²) in [4.78, 5) is 11.7. The van der Waals surface area contributed by atoms with Gasteiger partial charge in [-0.05, 0) is 51.2 Å². The van der Waals surface area contributed by atoms with Gasteiger partial charge in [-0.25, -0.2) is 4.79 Å². The van der Waals surface area contributed by atoms with Crippen LogP contribution >= 0.6 is 0 Å². The molecular formula is C17H26O4. The summed E-state index contributed by atoms with van der Waals surface area (Å²) in [6.07, 6.45) is 8.34. The molecule has 0 spiro atoms. The fourth-order valence-electron chi connectivity index (χ4n) is 2.00. The summed E-state index contributed by atoms with van der Waals surface area (Å²) < 4.78 is 5.32. The lowest BCUT2D eigenvalue weighted by atomic mass is 9.97. The molecule has 1 aliphatic rings. The van der Waals surface area contributed by atoms with Gasteiger partial charge in [-0.2, -0.15) is 0 Å². The molecule has 0 radical (unpaired) electrons. The van der Waals surface area contributed by atoms with Crippen molar-refractivity contribution < 1.29 is 19.7 Å². The number of esters is 1. The Morgan fingerprint density at radius 1 is 1.33 bits per heavy atom. The lowest BCUT2D eigenvalue weighted by Gasteiger charge is -2.20. The van der Waals surface area contributed by atoms with E-state index in [9.17, 15) is 15.0 Å². The van der Waals surface area contributed by atoms with Crippen LogP contribution in [0.15, 0.2) is 36.0 Å². The maximum atomic E-state index is 11.7. The van der Waals surface area contributed by atoms with Crippen LogP contribution in [-0.4, -0.2) is 34.0 Å². The number of rotatable bonds is 0. The summed E-state index contributed by atoms with van der Waals surface area (Å²) in [5, 5.41) is 20.1. The minimum atomic E-state index is -1.31. The van der Waals surface area contributed by atoms with Gasteiger partial charge >= 0.3 is 5.97 Å². The van der Waals surface area contributed by atoms with Gasteiger partial charge in [0.1, 0.15) is 6.10 Å². The zero-order valence-corrected chi connectivity index (χ0v) is 13.2. The van der Waals surface area contributed by atoms with E-state index in [-0.39, 0.29) is 12.0 Å². The molecule has 118 valence electrons. The molecule has 1 aliphatic heterocycles. The van der Waals surface area contributed by atoms with Crippen molar-refractivity contribution in [2.75, 3.05) is 0 Å². The smallest absolute Gasteiger partial charge is 0.330 e. The summed E-state index contributed by atoms with van der Waals surface area (Å²) in [6, 6.07) is 0. The maximum absolute atomic E-state index is 11.7. The second-order valence-electron chi connectivity index (χ2n) is 6.01. The Labute approximate surface area is 126 Å². The van der Waals surface area contributed by atoms with Gasteiger partial charge in [0.25, 0.3) is 0 Å². The first-order valence-electron chi connectivity index (χ1n) is 7.37. The van der Waals surface area contributed by atoms with Gasteiger partial charge in [-0.1, -0.05) is 25.2 Å². The third kappa shape index (κ3) is 6.27. The SMILES string of the molecule is CC1=CCC[C@@H](C)[C@@H](C)OC(=O)C=C[C@](C)(O)C=C[C@@H]1O. The van der Waals surface area contributed by atoms with Crippen molar-refractivity contribution in [3.63, 3.8) is 0 Å². The number of carbonyl (C=O) groups excluding carboxylic acids is 1.